The minimum absolute atomic E-state index is 0.135. The lowest BCUT2D eigenvalue weighted by Gasteiger charge is -2.13. The maximum absolute atomic E-state index is 13.0. The second-order valence-electron chi connectivity index (χ2n) is 3.64. The highest BCUT2D eigenvalue weighted by Crippen LogP contribution is 2.26. The van der Waals surface area contributed by atoms with Crippen LogP contribution >= 0.6 is 0 Å². The van der Waals surface area contributed by atoms with Crippen LogP contribution in [0.3, 0.4) is 0 Å². The molecule has 0 bridgehead atoms. The zero-order valence-electron chi connectivity index (χ0n) is 9.32. The van der Waals surface area contributed by atoms with Crippen LogP contribution in [-0.2, 0) is 0 Å². The number of benzene rings is 1. The molecule has 0 fully saturated rings. The first-order valence-corrected chi connectivity index (χ1v) is 5.36. The van der Waals surface area contributed by atoms with Gasteiger partial charge in [0.2, 0.25) is 0 Å². The van der Waals surface area contributed by atoms with Gasteiger partial charge in [-0.2, -0.15) is 0 Å². The maximum Gasteiger partial charge on any atom is 0.125 e. The van der Waals surface area contributed by atoms with E-state index in [4.69, 9.17) is 9.84 Å². The highest BCUT2D eigenvalue weighted by molar-refractivity contribution is 5.35. The second kappa shape index (κ2) is 6.45. The molecule has 0 heterocycles. The Morgan fingerprint density at radius 2 is 2.12 bits per heavy atom. The second-order valence-corrected chi connectivity index (χ2v) is 3.64. The normalized spacial score (nSPS) is 12.5. The summed E-state index contributed by atoms with van der Waals surface area (Å²) in [6.45, 7) is 2.15. The molecule has 1 aromatic rings. The number of rotatable bonds is 6. The molecular formula is C12H17FO3. The summed E-state index contributed by atoms with van der Waals surface area (Å²) in [4.78, 5) is 0. The van der Waals surface area contributed by atoms with Crippen LogP contribution in [-0.4, -0.2) is 23.4 Å². The molecule has 0 aliphatic carbocycles. The molecule has 0 saturated heterocycles. The molecule has 0 radical (unpaired) electrons. The van der Waals surface area contributed by atoms with Crippen LogP contribution in [0.5, 0.6) is 5.75 Å². The Kier molecular flexibility index (Phi) is 5.22. The fourth-order valence-corrected chi connectivity index (χ4v) is 1.37. The van der Waals surface area contributed by atoms with Gasteiger partial charge in [-0.1, -0.05) is 0 Å². The van der Waals surface area contributed by atoms with Crippen molar-refractivity contribution in [2.24, 2.45) is 0 Å². The molecule has 0 spiro atoms. The fraction of sp³-hybridized carbons (Fsp3) is 0.500. The Hall–Kier alpha value is -1.13. The summed E-state index contributed by atoms with van der Waals surface area (Å²) in [6, 6.07) is 4.08. The molecule has 0 aliphatic heterocycles. The molecular weight excluding hydrogens is 211 g/mol. The molecule has 1 aromatic carbocycles. The third kappa shape index (κ3) is 3.79. The first-order valence-electron chi connectivity index (χ1n) is 5.36. The molecule has 90 valence electrons. The van der Waals surface area contributed by atoms with Crippen molar-refractivity contribution in [3.8, 4) is 5.75 Å². The summed E-state index contributed by atoms with van der Waals surface area (Å²) in [5.74, 6) is 0.105. The van der Waals surface area contributed by atoms with Crippen LogP contribution in [0.2, 0.25) is 0 Å². The molecule has 1 rings (SSSR count). The summed E-state index contributed by atoms with van der Waals surface area (Å²) < 4.78 is 18.4. The lowest BCUT2D eigenvalue weighted by atomic mass is 10.1. The molecule has 3 nitrogen and oxygen atoms in total. The van der Waals surface area contributed by atoms with E-state index in [1.807, 2.05) is 0 Å². The third-order valence-corrected chi connectivity index (χ3v) is 2.23. The number of unbranched alkanes of at least 4 members (excludes halogenated alkanes) is 1. The number of aliphatic hydroxyl groups is 2. The summed E-state index contributed by atoms with van der Waals surface area (Å²) in [6.07, 6.45) is 0.641. The minimum Gasteiger partial charge on any atom is -0.493 e. The summed E-state index contributed by atoms with van der Waals surface area (Å²) >= 11 is 0. The van der Waals surface area contributed by atoms with Crippen LogP contribution in [0.1, 0.15) is 31.4 Å². The van der Waals surface area contributed by atoms with Crippen LogP contribution in [0.25, 0.3) is 0 Å². The Morgan fingerprint density at radius 3 is 2.75 bits per heavy atom. The molecule has 0 saturated carbocycles. The standard InChI is InChI=1S/C12H17FO3/c1-9(15)11-8-10(13)4-5-12(11)16-7-3-2-6-14/h4-5,8-9,14-15H,2-3,6-7H2,1H3/t9-/m1/s1. The molecule has 16 heavy (non-hydrogen) atoms. The minimum atomic E-state index is -0.761. The van der Waals surface area contributed by atoms with Gasteiger partial charge in [0.15, 0.2) is 0 Å². The predicted molar refractivity (Wildman–Crippen MR) is 58.8 cm³/mol. The van der Waals surface area contributed by atoms with Gasteiger partial charge in [-0.15, -0.1) is 0 Å². The summed E-state index contributed by atoms with van der Waals surface area (Å²) in [5, 5.41) is 18.0. The number of hydrogen-bond acceptors (Lipinski definition) is 3. The van der Waals surface area contributed by atoms with Gasteiger partial charge in [0.25, 0.3) is 0 Å². The van der Waals surface area contributed by atoms with Gasteiger partial charge in [0, 0.05) is 12.2 Å². The fourth-order valence-electron chi connectivity index (χ4n) is 1.37. The lowest BCUT2D eigenvalue weighted by Crippen LogP contribution is -2.03. The van der Waals surface area contributed by atoms with Gasteiger partial charge >= 0.3 is 0 Å². The predicted octanol–water partition coefficient (Wildman–Crippen LogP) is 2.03. The number of hydrogen-bond donors (Lipinski definition) is 2. The third-order valence-electron chi connectivity index (χ3n) is 2.23. The quantitative estimate of drug-likeness (QED) is 0.732. The lowest BCUT2D eigenvalue weighted by molar-refractivity contribution is 0.189. The Morgan fingerprint density at radius 1 is 1.38 bits per heavy atom. The SMILES string of the molecule is C[C@@H](O)c1cc(F)ccc1OCCCCO. The topological polar surface area (TPSA) is 49.7 Å². The van der Waals surface area contributed by atoms with E-state index in [0.29, 0.717) is 24.3 Å². The first-order chi connectivity index (χ1) is 7.65. The van der Waals surface area contributed by atoms with Gasteiger partial charge < -0.3 is 14.9 Å². The van der Waals surface area contributed by atoms with E-state index in [1.165, 1.54) is 18.2 Å². The highest BCUT2D eigenvalue weighted by atomic mass is 19.1. The summed E-state index contributed by atoms with van der Waals surface area (Å²) in [7, 11) is 0. The number of aliphatic hydroxyl groups excluding tert-OH is 2. The van der Waals surface area contributed by atoms with Crippen molar-refractivity contribution in [3.63, 3.8) is 0 Å². The van der Waals surface area contributed by atoms with Crippen molar-refractivity contribution in [1.29, 1.82) is 0 Å². The van der Waals surface area contributed by atoms with Crippen molar-refractivity contribution >= 4 is 0 Å². The van der Waals surface area contributed by atoms with Crippen LogP contribution < -0.4 is 4.74 Å². The highest BCUT2D eigenvalue weighted by Gasteiger charge is 2.10. The molecule has 0 unspecified atom stereocenters. The van der Waals surface area contributed by atoms with E-state index >= 15 is 0 Å². The van der Waals surface area contributed by atoms with Crippen molar-refractivity contribution in [3.05, 3.63) is 29.6 Å². The monoisotopic (exact) mass is 228 g/mol. The van der Waals surface area contributed by atoms with E-state index in [9.17, 15) is 9.50 Å². The number of ether oxygens (including phenoxy) is 1. The summed E-state index contributed by atoms with van der Waals surface area (Å²) in [5.41, 5.74) is 0.448. The first kappa shape index (κ1) is 12.9. The smallest absolute Gasteiger partial charge is 0.125 e. The average molecular weight is 228 g/mol. The van der Waals surface area contributed by atoms with E-state index in [2.05, 4.69) is 0 Å². The van der Waals surface area contributed by atoms with Crippen LogP contribution in [0.15, 0.2) is 18.2 Å². The van der Waals surface area contributed by atoms with E-state index in [-0.39, 0.29) is 6.61 Å². The van der Waals surface area contributed by atoms with Crippen LogP contribution in [0.4, 0.5) is 4.39 Å². The molecule has 2 N–H and O–H groups in total. The van der Waals surface area contributed by atoms with Crippen molar-refractivity contribution < 1.29 is 19.3 Å². The largest absolute Gasteiger partial charge is 0.493 e. The number of halogens is 1. The van der Waals surface area contributed by atoms with Crippen molar-refractivity contribution in [2.45, 2.75) is 25.9 Å². The maximum atomic E-state index is 13.0. The molecule has 0 aliphatic rings. The zero-order valence-corrected chi connectivity index (χ0v) is 9.32. The van der Waals surface area contributed by atoms with E-state index in [0.717, 1.165) is 6.42 Å². The van der Waals surface area contributed by atoms with Gasteiger partial charge in [-0.25, -0.2) is 4.39 Å². The molecule has 0 aromatic heterocycles. The molecule has 0 amide bonds. The van der Waals surface area contributed by atoms with Gasteiger partial charge in [-0.05, 0) is 38.0 Å². The Balaban J connectivity index is 2.64. The molecule has 4 heteroatoms. The Bertz CT molecular complexity index is 326. The zero-order chi connectivity index (χ0) is 12.0. The van der Waals surface area contributed by atoms with Gasteiger partial charge in [0.1, 0.15) is 11.6 Å². The van der Waals surface area contributed by atoms with Crippen LogP contribution in [0, 0.1) is 5.82 Å². The van der Waals surface area contributed by atoms with E-state index < -0.39 is 11.9 Å². The molecule has 1 atom stereocenters. The van der Waals surface area contributed by atoms with Crippen molar-refractivity contribution in [2.75, 3.05) is 13.2 Å². The average Bonchev–Trinajstić information content (AvgIpc) is 2.26. The van der Waals surface area contributed by atoms with Gasteiger partial charge in [-0.3, -0.25) is 0 Å². The Labute approximate surface area is 94.5 Å². The van der Waals surface area contributed by atoms with Gasteiger partial charge in [0.05, 0.1) is 12.7 Å². The van der Waals surface area contributed by atoms with E-state index in [1.54, 1.807) is 6.92 Å². The van der Waals surface area contributed by atoms with Crippen molar-refractivity contribution in [1.82, 2.24) is 0 Å².